The van der Waals surface area contributed by atoms with E-state index in [0.717, 1.165) is 12.1 Å². The first-order valence-corrected chi connectivity index (χ1v) is 6.47. The number of carbonyl (C=O) groups excluding carboxylic acids is 1. The number of likely N-dealkylation sites (tertiary alicyclic amines) is 1. The van der Waals surface area contributed by atoms with Crippen LogP contribution in [0.1, 0.15) is 24.0 Å². The van der Waals surface area contributed by atoms with Gasteiger partial charge >= 0.3 is 12.1 Å². The minimum absolute atomic E-state index is 0.228. The van der Waals surface area contributed by atoms with Crippen LogP contribution in [0.2, 0.25) is 0 Å². The molecule has 1 amide bonds. The number of alkyl halides is 3. The molecule has 1 heterocycles. The van der Waals surface area contributed by atoms with Gasteiger partial charge in [-0.25, -0.2) is 4.79 Å². The van der Waals surface area contributed by atoms with Crippen molar-refractivity contribution in [2.24, 2.45) is 0 Å². The van der Waals surface area contributed by atoms with Crippen molar-refractivity contribution in [3.8, 4) is 0 Å². The Hall–Kier alpha value is -2.05. The third-order valence-corrected chi connectivity index (χ3v) is 3.47. The van der Waals surface area contributed by atoms with Gasteiger partial charge in [0.1, 0.15) is 6.04 Å². The number of rotatable bonds is 3. The molecule has 114 valence electrons. The number of amides is 1. The number of carboxylic acid groups (broad SMARTS) is 1. The van der Waals surface area contributed by atoms with E-state index >= 15 is 0 Å². The van der Waals surface area contributed by atoms with Gasteiger partial charge in [0.25, 0.3) is 0 Å². The van der Waals surface area contributed by atoms with Gasteiger partial charge < -0.3 is 10.0 Å². The van der Waals surface area contributed by atoms with Gasteiger partial charge in [-0.3, -0.25) is 4.79 Å². The van der Waals surface area contributed by atoms with E-state index in [-0.39, 0.29) is 12.0 Å². The molecule has 7 heteroatoms. The third kappa shape index (κ3) is 3.53. The quantitative estimate of drug-likeness (QED) is 0.932. The third-order valence-electron chi connectivity index (χ3n) is 3.47. The van der Waals surface area contributed by atoms with Crippen LogP contribution in [-0.2, 0) is 22.2 Å². The average Bonchev–Trinajstić information content (AvgIpc) is 2.87. The Morgan fingerprint density at radius 3 is 2.67 bits per heavy atom. The fourth-order valence-electron chi connectivity index (χ4n) is 2.46. The maximum Gasteiger partial charge on any atom is 0.416 e. The second-order valence-electron chi connectivity index (χ2n) is 4.96. The van der Waals surface area contributed by atoms with Crippen molar-refractivity contribution >= 4 is 11.9 Å². The Morgan fingerprint density at radius 1 is 1.33 bits per heavy atom. The van der Waals surface area contributed by atoms with Crippen LogP contribution in [-0.4, -0.2) is 34.5 Å². The van der Waals surface area contributed by atoms with Crippen molar-refractivity contribution in [3.63, 3.8) is 0 Å². The topological polar surface area (TPSA) is 57.6 Å². The van der Waals surface area contributed by atoms with Crippen LogP contribution >= 0.6 is 0 Å². The molecule has 21 heavy (non-hydrogen) atoms. The molecule has 0 bridgehead atoms. The van der Waals surface area contributed by atoms with Crippen LogP contribution in [0.4, 0.5) is 13.2 Å². The Balaban J connectivity index is 2.11. The Kier molecular flexibility index (Phi) is 4.20. The van der Waals surface area contributed by atoms with E-state index in [1.807, 2.05) is 0 Å². The van der Waals surface area contributed by atoms with E-state index in [1.165, 1.54) is 17.0 Å². The molecule has 1 N–H and O–H groups in total. The molecule has 2 rings (SSSR count). The summed E-state index contributed by atoms with van der Waals surface area (Å²) in [5, 5.41) is 9.01. The molecule has 0 saturated carbocycles. The molecule has 1 aliphatic heterocycles. The van der Waals surface area contributed by atoms with Crippen molar-refractivity contribution < 1.29 is 27.9 Å². The van der Waals surface area contributed by atoms with Crippen LogP contribution in [0.5, 0.6) is 0 Å². The summed E-state index contributed by atoms with van der Waals surface area (Å²) in [6.07, 6.45) is -3.72. The number of hydrogen-bond donors (Lipinski definition) is 1. The molecule has 1 aromatic carbocycles. The molecule has 1 fully saturated rings. The summed E-state index contributed by atoms with van der Waals surface area (Å²) in [5.74, 6) is -1.54. The summed E-state index contributed by atoms with van der Waals surface area (Å²) in [5.41, 5.74) is -0.588. The minimum Gasteiger partial charge on any atom is -0.480 e. The monoisotopic (exact) mass is 301 g/mol. The van der Waals surface area contributed by atoms with E-state index in [0.29, 0.717) is 19.4 Å². The molecular weight excluding hydrogens is 287 g/mol. The predicted molar refractivity (Wildman–Crippen MR) is 67.5 cm³/mol. The Bertz CT molecular complexity index is 557. The van der Waals surface area contributed by atoms with Gasteiger partial charge in [0, 0.05) is 6.54 Å². The zero-order chi connectivity index (χ0) is 15.6. The highest BCUT2D eigenvalue weighted by Gasteiger charge is 2.34. The van der Waals surface area contributed by atoms with E-state index in [9.17, 15) is 22.8 Å². The van der Waals surface area contributed by atoms with Crippen molar-refractivity contribution in [1.82, 2.24) is 4.90 Å². The van der Waals surface area contributed by atoms with Crippen LogP contribution in [0, 0.1) is 0 Å². The summed E-state index contributed by atoms with van der Waals surface area (Å²) in [4.78, 5) is 24.3. The van der Waals surface area contributed by atoms with Gasteiger partial charge in [-0.1, -0.05) is 18.2 Å². The molecule has 0 unspecified atom stereocenters. The predicted octanol–water partition coefficient (Wildman–Crippen LogP) is 2.32. The number of carbonyl (C=O) groups is 2. The van der Waals surface area contributed by atoms with Gasteiger partial charge in [-0.05, 0) is 24.5 Å². The minimum atomic E-state index is -4.46. The lowest BCUT2D eigenvalue weighted by molar-refractivity contribution is -0.148. The highest BCUT2D eigenvalue weighted by atomic mass is 19.4. The average molecular weight is 301 g/mol. The summed E-state index contributed by atoms with van der Waals surface area (Å²) in [7, 11) is 0. The molecule has 0 aliphatic carbocycles. The summed E-state index contributed by atoms with van der Waals surface area (Å²) < 4.78 is 37.8. The van der Waals surface area contributed by atoms with Gasteiger partial charge in [0.2, 0.25) is 5.91 Å². The van der Waals surface area contributed by atoms with Crippen molar-refractivity contribution in [3.05, 3.63) is 35.4 Å². The maximum atomic E-state index is 12.6. The summed E-state index contributed by atoms with van der Waals surface area (Å²) in [6, 6.07) is 3.65. The van der Waals surface area contributed by atoms with Crippen molar-refractivity contribution in [2.75, 3.05) is 6.54 Å². The van der Waals surface area contributed by atoms with E-state index in [2.05, 4.69) is 0 Å². The smallest absolute Gasteiger partial charge is 0.416 e. The number of benzene rings is 1. The van der Waals surface area contributed by atoms with Crippen molar-refractivity contribution in [1.29, 1.82) is 0 Å². The SMILES string of the molecule is O=C(O)[C@H]1CCCN1C(=O)Cc1cccc(C(F)(F)F)c1. The molecule has 1 saturated heterocycles. The lowest BCUT2D eigenvalue weighted by Crippen LogP contribution is -2.41. The first-order valence-electron chi connectivity index (χ1n) is 6.47. The molecule has 1 atom stereocenters. The highest BCUT2D eigenvalue weighted by Crippen LogP contribution is 2.29. The van der Waals surface area contributed by atoms with Crippen LogP contribution in [0.15, 0.2) is 24.3 Å². The van der Waals surface area contributed by atoms with Crippen LogP contribution in [0.25, 0.3) is 0 Å². The molecule has 0 radical (unpaired) electrons. The second-order valence-corrected chi connectivity index (χ2v) is 4.96. The van der Waals surface area contributed by atoms with Crippen molar-refractivity contribution in [2.45, 2.75) is 31.5 Å². The van der Waals surface area contributed by atoms with E-state index < -0.39 is 29.7 Å². The molecule has 1 aromatic rings. The molecule has 0 spiro atoms. The zero-order valence-corrected chi connectivity index (χ0v) is 11.1. The first kappa shape index (κ1) is 15.3. The van der Waals surface area contributed by atoms with Crippen LogP contribution < -0.4 is 0 Å². The Morgan fingerprint density at radius 2 is 2.05 bits per heavy atom. The number of aliphatic carboxylic acids is 1. The summed E-state index contributed by atoms with van der Waals surface area (Å²) >= 11 is 0. The second kappa shape index (κ2) is 5.75. The van der Waals surface area contributed by atoms with Crippen LogP contribution in [0.3, 0.4) is 0 Å². The van der Waals surface area contributed by atoms with Gasteiger partial charge in [0.15, 0.2) is 0 Å². The zero-order valence-electron chi connectivity index (χ0n) is 11.1. The fraction of sp³-hybridized carbons (Fsp3) is 0.429. The normalized spacial score (nSPS) is 18.8. The molecule has 1 aliphatic rings. The first-order chi connectivity index (χ1) is 9.79. The Labute approximate surface area is 119 Å². The molecule has 0 aromatic heterocycles. The molecule has 4 nitrogen and oxygen atoms in total. The largest absolute Gasteiger partial charge is 0.480 e. The summed E-state index contributed by atoms with van der Waals surface area (Å²) in [6.45, 7) is 0.328. The van der Waals surface area contributed by atoms with Gasteiger partial charge in [0.05, 0.1) is 12.0 Å². The highest BCUT2D eigenvalue weighted by molar-refractivity contribution is 5.85. The standard InChI is InChI=1S/C14H14F3NO3/c15-14(16,17)10-4-1-3-9(7-10)8-12(19)18-6-2-5-11(18)13(20)21/h1,3-4,7,11H,2,5-6,8H2,(H,20,21)/t11-/m1/s1. The molecular formula is C14H14F3NO3. The number of carboxylic acids is 1. The maximum absolute atomic E-state index is 12.6. The number of halogens is 3. The van der Waals surface area contributed by atoms with Gasteiger partial charge in [-0.2, -0.15) is 13.2 Å². The lowest BCUT2D eigenvalue weighted by atomic mass is 10.1. The lowest BCUT2D eigenvalue weighted by Gasteiger charge is -2.21. The number of nitrogens with zero attached hydrogens (tertiary/aromatic N) is 1. The van der Waals surface area contributed by atoms with E-state index in [1.54, 1.807) is 0 Å². The van der Waals surface area contributed by atoms with Gasteiger partial charge in [-0.15, -0.1) is 0 Å². The number of hydrogen-bond acceptors (Lipinski definition) is 2. The van der Waals surface area contributed by atoms with E-state index in [4.69, 9.17) is 5.11 Å². The fourth-order valence-corrected chi connectivity index (χ4v) is 2.46.